The Morgan fingerprint density at radius 3 is 2.10 bits per heavy atom. The number of piperazine rings is 1. The topological polar surface area (TPSA) is 6.48 Å². The van der Waals surface area contributed by atoms with Gasteiger partial charge in [0.1, 0.15) is 39.2 Å². The summed E-state index contributed by atoms with van der Waals surface area (Å²) in [7, 11) is 33.4. The van der Waals surface area contributed by atoms with Gasteiger partial charge >= 0.3 is 0 Å². The number of likely N-dealkylation sites (N-methyl/N-ethyl adjacent to an activating group) is 1. The fourth-order valence-electron chi connectivity index (χ4n) is 5.04. The quantitative estimate of drug-likeness (QED) is 0.588. The summed E-state index contributed by atoms with van der Waals surface area (Å²) in [4.78, 5) is 4.96. The lowest BCUT2D eigenvalue weighted by atomic mass is 9.58. The highest BCUT2D eigenvalue weighted by atomic mass is 35.5. The number of rotatable bonds is 2. The van der Waals surface area contributed by atoms with E-state index in [4.69, 9.17) is 50.8 Å². The summed E-state index contributed by atoms with van der Waals surface area (Å²) < 4.78 is 0. The minimum Gasteiger partial charge on any atom is -0.299 e. The van der Waals surface area contributed by atoms with Gasteiger partial charge in [0.2, 0.25) is 0 Å². The molecule has 0 amide bonds. The van der Waals surface area contributed by atoms with Crippen molar-refractivity contribution in [1.82, 2.24) is 9.80 Å². The standard InChI is InChI=1S/C22H22B5ClN2/c1-22(2)10-30(7-6-29(22)3)15-9-14(12-5-4-11(28)8-13(12)15)16-17(23)19(25)21(27)20(26)18(16)24/h4-5,8,14-15H,6-7,9-10H2,1-3H3/t14-,15-/m1/s1. The van der Waals surface area contributed by atoms with Gasteiger partial charge in [0.15, 0.2) is 0 Å². The summed E-state index contributed by atoms with van der Waals surface area (Å²) in [5, 5.41) is 0.727. The van der Waals surface area contributed by atoms with Crippen molar-refractivity contribution in [1.29, 1.82) is 0 Å². The number of hydrogen-bond acceptors (Lipinski definition) is 2. The average Bonchev–Trinajstić information content (AvgIpc) is 3.05. The van der Waals surface area contributed by atoms with Crippen LogP contribution in [0.2, 0.25) is 5.02 Å². The highest BCUT2D eigenvalue weighted by Crippen LogP contribution is 2.47. The molecule has 8 heteroatoms. The zero-order chi connectivity index (χ0) is 22.0. The second kappa shape index (κ2) is 7.83. The normalized spacial score (nSPS) is 24.1. The van der Waals surface area contributed by atoms with E-state index in [-0.39, 0.29) is 23.0 Å². The fourth-order valence-corrected chi connectivity index (χ4v) is 5.22. The highest BCUT2D eigenvalue weighted by molar-refractivity contribution is 6.67. The number of halogens is 1. The molecular formula is C22H22B5ClN2. The lowest BCUT2D eigenvalue weighted by Gasteiger charge is -2.47. The molecule has 0 bridgehead atoms. The van der Waals surface area contributed by atoms with Gasteiger partial charge in [-0.2, -0.15) is 0 Å². The molecule has 1 fully saturated rings. The number of nitrogens with zero attached hydrogens (tertiary/aromatic N) is 2. The van der Waals surface area contributed by atoms with Gasteiger partial charge in [0.05, 0.1) is 0 Å². The second-order valence-corrected chi connectivity index (χ2v) is 9.70. The molecular weight excluding hydrogens is 382 g/mol. The van der Waals surface area contributed by atoms with Gasteiger partial charge in [-0.1, -0.05) is 23.2 Å². The third-order valence-corrected chi connectivity index (χ3v) is 7.35. The Hall–Kier alpha value is -1.03. The molecule has 30 heavy (non-hydrogen) atoms. The third-order valence-electron chi connectivity index (χ3n) is 7.12. The molecule has 142 valence electrons. The Kier molecular flexibility index (Phi) is 5.79. The first kappa shape index (κ1) is 22.2. The van der Waals surface area contributed by atoms with Crippen LogP contribution in [-0.4, -0.2) is 81.3 Å². The van der Waals surface area contributed by atoms with E-state index in [1.807, 2.05) is 6.07 Å². The summed E-state index contributed by atoms with van der Waals surface area (Å²) in [5.41, 5.74) is 4.95. The molecule has 0 unspecified atom stereocenters. The van der Waals surface area contributed by atoms with Crippen molar-refractivity contribution in [3.8, 4) is 0 Å². The molecule has 2 aliphatic rings. The largest absolute Gasteiger partial charge is 0.299 e. The molecule has 10 radical (unpaired) electrons. The van der Waals surface area contributed by atoms with Crippen LogP contribution in [0.15, 0.2) is 18.2 Å². The fraction of sp³-hybridized carbons (Fsp3) is 0.455. The van der Waals surface area contributed by atoms with Crippen LogP contribution >= 0.6 is 11.6 Å². The molecule has 2 atom stereocenters. The Morgan fingerprint density at radius 1 is 0.900 bits per heavy atom. The predicted octanol–water partition coefficient (Wildman–Crippen LogP) is -1.09. The van der Waals surface area contributed by atoms with Crippen molar-refractivity contribution in [2.24, 2.45) is 0 Å². The van der Waals surface area contributed by atoms with E-state index >= 15 is 0 Å². The van der Waals surface area contributed by atoms with Crippen LogP contribution in [0, 0.1) is 0 Å². The van der Waals surface area contributed by atoms with E-state index in [1.54, 1.807) is 0 Å². The van der Waals surface area contributed by atoms with E-state index in [0.717, 1.165) is 36.6 Å². The Morgan fingerprint density at radius 2 is 1.50 bits per heavy atom. The van der Waals surface area contributed by atoms with E-state index in [0.29, 0.717) is 21.9 Å². The van der Waals surface area contributed by atoms with Gasteiger partial charge in [-0.3, -0.25) is 9.80 Å². The minimum absolute atomic E-state index is 0.0183. The molecule has 2 aromatic carbocycles. The smallest absolute Gasteiger partial charge is 0.113 e. The van der Waals surface area contributed by atoms with Gasteiger partial charge in [-0.25, -0.2) is 0 Å². The maximum atomic E-state index is 6.42. The second-order valence-electron chi connectivity index (χ2n) is 9.26. The molecule has 4 rings (SSSR count). The number of hydrogen-bond donors (Lipinski definition) is 0. The molecule has 1 aliphatic heterocycles. The molecule has 0 saturated carbocycles. The van der Waals surface area contributed by atoms with Crippen LogP contribution in [-0.2, 0) is 0 Å². The monoisotopic (exact) mass is 404 g/mol. The van der Waals surface area contributed by atoms with Crippen molar-refractivity contribution in [3.05, 3.63) is 39.9 Å². The van der Waals surface area contributed by atoms with Crippen LogP contribution in [0.4, 0.5) is 0 Å². The zero-order valence-corrected chi connectivity index (χ0v) is 18.6. The first-order valence-corrected chi connectivity index (χ1v) is 10.7. The highest BCUT2D eigenvalue weighted by Gasteiger charge is 2.41. The lowest BCUT2D eigenvalue weighted by molar-refractivity contribution is 0.0159. The first-order valence-electron chi connectivity index (χ1n) is 10.3. The zero-order valence-electron chi connectivity index (χ0n) is 17.9. The Bertz CT molecular complexity index is 981. The van der Waals surface area contributed by atoms with Crippen molar-refractivity contribution in [2.45, 2.75) is 37.8 Å². The van der Waals surface area contributed by atoms with Gasteiger partial charge in [-0.05, 0) is 50.6 Å². The number of fused-ring (bicyclic) bond motifs is 1. The van der Waals surface area contributed by atoms with Crippen molar-refractivity contribution in [2.75, 3.05) is 26.7 Å². The molecule has 0 spiro atoms. The van der Waals surface area contributed by atoms with Crippen molar-refractivity contribution in [3.63, 3.8) is 0 Å². The van der Waals surface area contributed by atoms with Gasteiger partial charge in [0.25, 0.3) is 0 Å². The summed E-state index contributed by atoms with van der Waals surface area (Å²) in [6, 6.07) is 6.28. The van der Waals surface area contributed by atoms with E-state index in [2.05, 4.69) is 42.8 Å². The average molecular weight is 404 g/mol. The van der Waals surface area contributed by atoms with Gasteiger partial charge < -0.3 is 0 Å². The van der Waals surface area contributed by atoms with Crippen LogP contribution < -0.4 is 27.3 Å². The summed E-state index contributed by atoms with van der Waals surface area (Å²) >= 11 is 6.40. The van der Waals surface area contributed by atoms with Gasteiger partial charge in [-0.15, -0.1) is 27.3 Å². The van der Waals surface area contributed by atoms with Crippen LogP contribution in [0.25, 0.3) is 0 Å². The maximum Gasteiger partial charge on any atom is 0.113 e. The van der Waals surface area contributed by atoms with Crippen LogP contribution in [0.3, 0.4) is 0 Å². The predicted molar refractivity (Wildman–Crippen MR) is 132 cm³/mol. The molecule has 2 aromatic rings. The van der Waals surface area contributed by atoms with Crippen LogP contribution in [0.1, 0.15) is 48.9 Å². The minimum atomic E-state index is -0.0183. The van der Waals surface area contributed by atoms with E-state index < -0.39 is 0 Å². The molecule has 1 heterocycles. The number of benzene rings is 2. The van der Waals surface area contributed by atoms with Crippen molar-refractivity contribution < 1.29 is 0 Å². The molecule has 2 nitrogen and oxygen atoms in total. The SMILES string of the molecule is [B]c1c([B])c([B])c([C@@H]2C[C@@H](N3CCN(C)C(C)(C)C3)c3cc(Cl)ccc32)c([B])c1[B]. The van der Waals surface area contributed by atoms with E-state index in [9.17, 15) is 0 Å². The molecule has 0 aromatic heterocycles. The Balaban J connectivity index is 1.81. The van der Waals surface area contributed by atoms with E-state index in [1.165, 1.54) is 11.1 Å². The van der Waals surface area contributed by atoms with Crippen LogP contribution in [0.5, 0.6) is 0 Å². The summed E-state index contributed by atoms with van der Waals surface area (Å²) in [6.07, 6.45) is 0.840. The van der Waals surface area contributed by atoms with Crippen molar-refractivity contribution >= 4 is 78.1 Å². The summed E-state index contributed by atoms with van der Waals surface area (Å²) in [5.74, 6) is -0.0183. The molecule has 0 N–H and O–H groups in total. The lowest BCUT2D eigenvalue weighted by Crippen LogP contribution is -2.58. The first-order chi connectivity index (χ1) is 14.0. The molecule has 1 saturated heterocycles. The molecule has 1 aliphatic carbocycles. The Labute approximate surface area is 192 Å². The third kappa shape index (κ3) is 3.51. The van der Waals surface area contributed by atoms with Gasteiger partial charge in [0, 0.05) is 42.2 Å². The maximum absolute atomic E-state index is 6.42. The summed E-state index contributed by atoms with van der Waals surface area (Å²) in [6.45, 7) is 7.52.